The summed E-state index contributed by atoms with van der Waals surface area (Å²) < 4.78 is 0. The Morgan fingerprint density at radius 3 is 1.79 bits per heavy atom. The lowest BCUT2D eigenvalue weighted by Gasteiger charge is -2.12. The van der Waals surface area contributed by atoms with Crippen molar-refractivity contribution in [3.63, 3.8) is 0 Å². The Balaban J connectivity index is 0. The molecule has 0 saturated heterocycles. The molecule has 6 nitrogen and oxygen atoms in total. The molecule has 0 aromatic heterocycles. The number of nitrogens with zero attached hydrogens (tertiary/aromatic N) is 1. The molecule has 0 rings (SSSR count). The van der Waals surface area contributed by atoms with Crippen LogP contribution in [-0.4, -0.2) is 41.3 Å². The van der Waals surface area contributed by atoms with Gasteiger partial charge < -0.3 is 20.8 Å². The van der Waals surface area contributed by atoms with Crippen molar-refractivity contribution in [3.8, 4) is 0 Å². The molecule has 0 atom stereocenters. The predicted octanol–water partition coefficient (Wildman–Crippen LogP) is 0.550. The molecule has 14 heavy (non-hydrogen) atoms. The highest BCUT2D eigenvalue weighted by Crippen LogP contribution is 1.97. The van der Waals surface area contributed by atoms with Crippen LogP contribution < -0.4 is 5.73 Å². The standard InChI is InChI=1S/C7H14N2O.CH2O3/c1-4-5-6(7(8)10)9(2)3;2-1(3)4/h5H,4H2,1-3H3,(H2,8,10);(H2,2,3,4)/b6-5+;. The van der Waals surface area contributed by atoms with Crippen LogP contribution in [0.15, 0.2) is 11.8 Å². The number of amides is 1. The van der Waals surface area contributed by atoms with Gasteiger partial charge in [-0.05, 0) is 6.42 Å². The molecule has 0 aliphatic heterocycles. The first-order chi connectivity index (χ1) is 6.32. The minimum absolute atomic E-state index is 0.369. The number of primary amides is 1. The third kappa shape index (κ3) is 10.3. The summed E-state index contributed by atoms with van der Waals surface area (Å²) in [5.41, 5.74) is 5.65. The fourth-order valence-electron chi connectivity index (χ4n) is 0.697. The van der Waals surface area contributed by atoms with E-state index in [0.29, 0.717) is 5.70 Å². The monoisotopic (exact) mass is 204 g/mol. The van der Waals surface area contributed by atoms with Gasteiger partial charge in [-0.15, -0.1) is 0 Å². The van der Waals surface area contributed by atoms with Gasteiger partial charge >= 0.3 is 6.16 Å². The molecule has 0 fully saturated rings. The van der Waals surface area contributed by atoms with Crippen LogP contribution in [0.25, 0.3) is 0 Å². The van der Waals surface area contributed by atoms with Crippen LogP contribution in [0, 0.1) is 0 Å². The fraction of sp³-hybridized carbons (Fsp3) is 0.500. The highest BCUT2D eigenvalue weighted by Gasteiger charge is 2.04. The van der Waals surface area contributed by atoms with Crippen molar-refractivity contribution in [2.45, 2.75) is 13.3 Å². The van der Waals surface area contributed by atoms with Crippen LogP contribution in [0.3, 0.4) is 0 Å². The van der Waals surface area contributed by atoms with Crippen LogP contribution in [0.1, 0.15) is 13.3 Å². The van der Waals surface area contributed by atoms with Gasteiger partial charge in [-0.1, -0.05) is 13.0 Å². The molecule has 0 bridgehead atoms. The van der Waals surface area contributed by atoms with E-state index in [-0.39, 0.29) is 5.91 Å². The van der Waals surface area contributed by atoms with E-state index in [9.17, 15) is 4.79 Å². The molecule has 0 spiro atoms. The van der Waals surface area contributed by atoms with Gasteiger partial charge in [-0.2, -0.15) is 0 Å². The average Bonchev–Trinajstić information content (AvgIpc) is 1.97. The van der Waals surface area contributed by atoms with Crippen molar-refractivity contribution < 1.29 is 19.8 Å². The maximum atomic E-state index is 10.6. The second-order valence-corrected chi connectivity index (χ2v) is 2.54. The summed E-state index contributed by atoms with van der Waals surface area (Å²) in [5, 5.41) is 13.9. The van der Waals surface area contributed by atoms with E-state index in [2.05, 4.69) is 0 Å². The van der Waals surface area contributed by atoms with E-state index in [1.165, 1.54) is 0 Å². The minimum atomic E-state index is -1.83. The van der Waals surface area contributed by atoms with Crippen LogP contribution >= 0.6 is 0 Å². The molecule has 0 aliphatic rings. The summed E-state index contributed by atoms with van der Waals surface area (Å²) in [6.45, 7) is 1.96. The summed E-state index contributed by atoms with van der Waals surface area (Å²) in [7, 11) is 3.60. The summed E-state index contributed by atoms with van der Waals surface area (Å²) in [4.78, 5) is 20.9. The molecule has 0 aliphatic carbocycles. The summed E-state index contributed by atoms with van der Waals surface area (Å²) >= 11 is 0. The number of likely N-dealkylation sites (N-methyl/N-ethyl adjacent to an activating group) is 1. The highest BCUT2D eigenvalue weighted by molar-refractivity contribution is 5.91. The molecule has 0 unspecified atom stereocenters. The zero-order chi connectivity index (χ0) is 11.7. The summed E-state index contributed by atoms with van der Waals surface area (Å²) in [5.74, 6) is -0.369. The largest absolute Gasteiger partial charge is 0.503 e. The third-order valence-corrected chi connectivity index (χ3v) is 1.13. The lowest BCUT2D eigenvalue weighted by Crippen LogP contribution is -2.25. The van der Waals surface area contributed by atoms with Crippen LogP contribution in [0.4, 0.5) is 4.79 Å². The maximum Gasteiger partial charge on any atom is 0.503 e. The number of nitrogens with two attached hydrogens (primary N) is 1. The Kier molecular flexibility index (Phi) is 8.35. The van der Waals surface area contributed by atoms with E-state index in [4.69, 9.17) is 20.7 Å². The number of rotatable bonds is 3. The first-order valence-corrected chi connectivity index (χ1v) is 3.92. The van der Waals surface area contributed by atoms with Crippen LogP contribution in [-0.2, 0) is 4.79 Å². The molecule has 0 radical (unpaired) electrons. The summed E-state index contributed by atoms with van der Waals surface area (Å²) in [6, 6.07) is 0. The summed E-state index contributed by atoms with van der Waals surface area (Å²) in [6.07, 6.45) is 0.804. The van der Waals surface area contributed by atoms with Gasteiger partial charge in [0.15, 0.2) is 0 Å². The molecule has 0 heterocycles. The number of hydrogen-bond acceptors (Lipinski definition) is 3. The normalized spacial score (nSPS) is 9.79. The molecule has 0 aromatic carbocycles. The first kappa shape index (κ1) is 14.8. The van der Waals surface area contributed by atoms with Crippen molar-refractivity contribution >= 4 is 12.1 Å². The van der Waals surface area contributed by atoms with Gasteiger partial charge in [0.1, 0.15) is 0 Å². The number of allylic oxidation sites excluding steroid dienone is 1. The maximum absolute atomic E-state index is 10.6. The molecule has 0 saturated carbocycles. The lowest BCUT2D eigenvalue weighted by atomic mass is 10.3. The minimum Gasteiger partial charge on any atom is -0.450 e. The lowest BCUT2D eigenvalue weighted by molar-refractivity contribution is -0.115. The van der Waals surface area contributed by atoms with Gasteiger partial charge in [0.2, 0.25) is 0 Å². The quantitative estimate of drug-likeness (QED) is 0.582. The zero-order valence-electron chi connectivity index (χ0n) is 8.52. The van der Waals surface area contributed by atoms with Crippen molar-refractivity contribution in [1.29, 1.82) is 0 Å². The van der Waals surface area contributed by atoms with Gasteiger partial charge in [-0.25, -0.2) is 4.79 Å². The van der Waals surface area contributed by atoms with Crippen molar-refractivity contribution in [3.05, 3.63) is 11.8 Å². The molecule has 6 heteroatoms. The second kappa shape index (κ2) is 7.90. The van der Waals surface area contributed by atoms with Gasteiger partial charge in [0.25, 0.3) is 5.91 Å². The van der Waals surface area contributed by atoms with E-state index in [0.717, 1.165) is 6.42 Å². The molecular weight excluding hydrogens is 188 g/mol. The van der Waals surface area contributed by atoms with Gasteiger partial charge in [0.05, 0.1) is 5.70 Å². The molecular formula is C8H16N2O4. The SMILES string of the molecule is CC/C=C(\C(N)=O)N(C)C.O=C(O)O. The fourth-order valence-corrected chi connectivity index (χ4v) is 0.697. The number of carbonyl (C=O) groups excluding carboxylic acids is 1. The van der Waals surface area contributed by atoms with Gasteiger partial charge in [-0.3, -0.25) is 4.79 Å². The Labute approximate surface area is 82.6 Å². The zero-order valence-corrected chi connectivity index (χ0v) is 8.52. The molecule has 4 N–H and O–H groups in total. The smallest absolute Gasteiger partial charge is 0.450 e. The van der Waals surface area contributed by atoms with E-state index in [1.54, 1.807) is 19.0 Å². The van der Waals surface area contributed by atoms with Gasteiger partial charge in [0, 0.05) is 14.1 Å². The van der Waals surface area contributed by atoms with E-state index < -0.39 is 6.16 Å². The van der Waals surface area contributed by atoms with Crippen LogP contribution in [0.2, 0.25) is 0 Å². The van der Waals surface area contributed by atoms with E-state index >= 15 is 0 Å². The van der Waals surface area contributed by atoms with Crippen molar-refractivity contribution in [2.75, 3.05) is 14.1 Å². The van der Waals surface area contributed by atoms with E-state index in [1.807, 2.05) is 13.0 Å². The predicted molar refractivity (Wildman–Crippen MR) is 51.9 cm³/mol. The molecule has 82 valence electrons. The topological polar surface area (TPSA) is 104 Å². The third-order valence-electron chi connectivity index (χ3n) is 1.13. The Hall–Kier alpha value is -1.72. The number of carboxylic acid groups (broad SMARTS) is 2. The second-order valence-electron chi connectivity index (χ2n) is 2.54. The number of hydrogen-bond donors (Lipinski definition) is 3. The highest BCUT2D eigenvalue weighted by atomic mass is 16.6. The average molecular weight is 204 g/mol. The van der Waals surface area contributed by atoms with Crippen molar-refractivity contribution in [1.82, 2.24) is 4.90 Å². The Morgan fingerprint density at radius 2 is 1.71 bits per heavy atom. The van der Waals surface area contributed by atoms with Crippen molar-refractivity contribution in [2.24, 2.45) is 5.73 Å². The first-order valence-electron chi connectivity index (χ1n) is 3.92. The number of carbonyl (C=O) groups is 2. The Bertz CT molecular complexity index is 219. The Morgan fingerprint density at radius 1 is 1.36 bits per heavy atom. The van der Waals surface area contributed by atoms with Crippen LogP contribution in [0.5, 0.6) is 0 Å². The molecule has 0 aromatic rings. The molecule has 1 amide bonds.